The summed E-state index contributed by atoms with van der Waals surface area (Å²) in [4.78, 5) is 2.11. The van der Waals surface area contributed by atoms with E-state index >= 15 is 0 Å². The van der Waals surface area contributed by atoms with E-state index in [1.807, 2.05) is 6.92 Å². The fraction of sp³-hybridized carbons (Fsp3) is 0.889. The monoisotopic (exact) mass is 187 g/mol. The van der Waals surface area contributed by atoms with Crippen molar-refractivity contribution >= 4 is 5.84 Å². The highest BCUT2D eigenvalue weighted by atomic mass is 16.3. The van der Waals surface area contributed by atoms with E-state index in [9.17, 15) is 0 Å². The number of rotatable bonds is 6. The summed E-state index contributed by atoms with van der Waals surface area (Å²) in [5, 5.41) is 16.0. The van der Waals surface area contributed by atoms with Gasteiger partial charge in [-0.2, -0.15) is 0 Å². The van der Waals surface area contributed by atoms with Crippen LogP contribution in [0.5, 0.6) is 0 Å². The van der Waals surface area contributed by atoms with Crippen molar-refractivity contribution in [1.82, 2.24) is 4.90 Å². The molecule has 0 rings (SSSR count). The number of nitrogens with one attached hydrogen (secondary N) is 1. The number of nitrogens with zero attached hydrogens (tertiary/aromatic N) is 1. The zero-order chi connectivity index (χ0) is 10.4. The summed E-state index contributed by atoms with van der Waals surface area (Å²) in [6.45, 7) is 7.02. The van der Waals surface area contributed by atoms with Crippen molar-refractivity contribution in [3.05, 3.63) is 0 Å². The van der Waals surface area contributed by atoms with Crippen LogP contribution in [0, 0.1) is 5.41 Å². The molecular formula is C9H21N3O. The highest BCUT2D eigenvalue weighted by molar-refractivity contribution is 5.82. The molecule has 4 heteroatoms. The van der Waals surface area contributed by atoms with Crippen molar-refractivity contribution < 1.29 is 5.11 Å². The highest BCUT2D eigenvalue weighted by Crippen LogP contribution is 2.05. The zero-order valence-corrected chi connectivity index (χ0v) is 8.75. The summed E-state index contributed by atoms with van der Waals surface area (Å²) < 4.78 is 0. The van der Waals surface area contributed by atoms with Crippen LogP contribution in [0.2, 0.25) is 0 Å². The van der Waals surface area contributed by atoms with Gasteiger partial charge in [-0.15, -0.1) is 0 Å². The number of hydrogen-bond donors (Lipinski definition) is 3. The number of amidine groups is 1. The molecule has 1 unspecified atom stereocenters. The van der Waals surface area contributed by atoms with Gasteiger partial charge in [-0.1, -0.05) is 0 Å². The largest absolute Gasteiger partial charge is 0.396 e. The van der Waals surface area contributed by atoms with E-state index in [4.69, 9.17) is 16.2 Å². The molecule has 0 aliphatic heterocycles. The molecule has 0 aromatic carbocycles. The third-order valence-electron chi connectivity index (χ3n) is 2.19. The van der Waals surface area contributed by atoms with Crippen molar-refractivity contribution in [3.63, 3.8) is 0 Å². The number of aliphatic hydroxyl groups is 1. The predicted molar refractivity (Wildman–Crippen MR) is 54.9 cm³/mol. The molecule has 0 saturated heterocycles. The van der Waals surface area contributed by atoms with Gasteiger partial charge in [0.2, 0.25) is 0 Å². The van der Waals surface area contributed by atoms with Gasteiger partial charge in [0.15, 0.2) is 0 Å². The topological polar surface area (TPSA) is 73.3 Å². The van der Waals surface area contributed by atoms with Crippen molar-refractivity contribution in [1.29, 1.82) is 5.41 Å². The lowest BCUT2D eigenvalue weighted by Crippen LogP contribution is -2.46. The fourth-order valence-corrected chi connectivity index (χ4v) is 1.33. The predicted octanol–water partition coefficient (Wildman–Crippen LogP) is 0.404. The van der Waals surface area contributed by atoms with Gasteiger partial charge in [0.1, 0.15) is 5.84 Å². The Kier molecular flexibility index (Phi) is 5.66. The average molecular weight is 187 g/mol. The Balaban J connectivity index is 4.15. The molecule has 0 saturated carbocycles. The second kappa shape index (κ2) is 5.94. The van der Waals surface area contributed by atoms with Crippen LogP contribution in [0.1, 0.15) is 27.2 Å². The lowest BCUT2D eigenvalue weighted by Gasteiger charge is -2.31. The molecule has 0 heterocycles. The summed E-state index contributed by atoms with van der Waals surface area (Å²) >= 11 is 0. The first-order chi connectivity index (χ1) is 6.00. The van der Waals surface area contributed by atoms with Crippen LogP contribution >= 0.6 is 0 Å². The van der Waals surface area contributed by atoms with Crippen molar-refractivity contribution in [2.75, 3.05) is 13.2 Å². The van der Waals surface area contributed by atoms with Crippen LogP contribution < -0.4 is 5.73 Å². The number of aliphatic hydroxyl groups excluding tert-OH is 1. The lowest BCUT2D eigenvalue weighted by atomic mass is 10.2. The molecule has 0 aliphatic rings. The Morgan fingerprint density at radius 1 is 1.46 bits per heavy atom. The second-order valence-corrected chi connectivity index (χ2v) is 3.54. The van der Waals surface area contributed by atoms with Gasteiger partial charge in [-0.3, -0.25) is 10.3 Å². The van der Waals surface area contributed by atoms with E-state index in [1.54, 1.807) is 0 Å². The standard InChI is InChI=1S/C9H21N3O/c1-7(2)12(5-4-6-13)8(3)9(10)11/h7-8,13H,4-6H2,1-3H3,(H3,10,11). The van der Waals surface area contributed by atoms with Crippen molar-refractivity contribution in [3.8, 4) is 0 Å². The minimum Gasteiger partial charge on any atom is -0.396 e. The first kappa shape index (κ1) is 12.4. The minimum atomic E-state index is -0.0356. The Morgan fingerprint density at radius 3 is 2.31 bits per heavy atom. The van der Waals surface area contributed by atoms with Crippen LogP contribution in [0.25, 0.3) is 0 Å². The van der Waals surface area contributed by atoms with Crippen LogP contribution in [0.3, 0.4) is 0 Å². The first-order valence-corrected chi connectivity index (χ1v) is 4.71. The molecule has 4 nitrogen and oxygen atoms in total. The maximum absolute atomic E-state index is 8.71. The molecule has 0 radical (unpaired) electrons. The minimum absolute atomic E-state index is 0.0356. The molecule has 4 N–H and O–H groups in total. The van der Waals surface area contributed by atoms with Gasteiger partial charge in [0, 0.05) is 19.2 Å². The number of hydrogen-bond acceptors (Lipinski definition) is 3. The summed E-state index contributed by atoms with van der Waals surface area (Å²) in [5.74, 6) is 0.187. The molecule has 0 spiro atoms. The van der Waals surface area contributed by atoms with Gasteiger partial charge < -0.3 is 10.8 Å². The van der Waals surface area contributed by atoms with E-state index in [1.165, 1.54) is 0 Å². The normalized spacial score (nSPS) is 13.7. The zero-order valence-electron chi connectivity index (χ0n) is 8.75. The molecule has 0 aromatic heterocycles. The van der Waals surface area contributed by atoms with E-state index in [0.717, 1.165) is 13.0 Å². The molecule has 0 bridgehead atoms. The first-order valence-electron chi connectivity index (χ1n) is 4.71. The third kappa shape index (κ3) is 4.24. The molecule has 0 amide bonds. The summed E-state index contributed by atoms with van der Waals surface area (Å²) in [6.07, 6.45) is 0.732. The quantitative estimate of drug-likeness (QED) is 0.416. The molecule has 0 fully saturated rings. The maximum Gasteiger partial charge on any atom is 0.108 e. The lowest BCUT2D eigenvalue weighted by molar-refractivity contribution is 0.176. The molecular weight excluding hydrogens is 166 g/mol. The van der Waals surface area contributed by atoms with Crippen molar-refractivity contribution in [2.45, 2.75) is 39.3 Å². The summed E-state index contributed by atoms with van der Waals surface area (Å²) in [6, 6.07) is 0.317. The average Bonchev–Trinajstić information content (AvgIpc) is 2.04. The highest BCUT2D eigenvalue weighted by Gasteiger charge is 2.18. The third-order valence-corrected chi connectivity index (χ3v) is 2.19. The van der Waals surface area contributed by atoms with Crippen LogP contribution in [-0.4, -0.2) is 41.1 Å². The second-order valence-electron chi connectivity index (χ2n) is 3.54. The van der Waals surface area contributed by atoms with Gasteiger partial charge in [0.25, 0.3) is 0 Å². The van der Waals surface area contributed by atoms with Crippen molar-refractivity contribution in [2.24, 2.45) is 5.73 Å². The molecule has 0 aliphatic carbocycles. The van der Waals surface area contributed by atoms with Crippen LogP contribution in [0.4, 0.5) is 0 Å². The van der Waals surface area contributed by atoms with E-state index < -0.39 is 0 Å². The molecule has 78 valence electrons. The van der Waals surface area contributed by atoms with E-state index in [2.05, 4.69) is 18.7 Å². The van der Waals surface area contributed by atoms with Crippen LogP contribution in [0.15, 0.2) is 0 Å². The fourth-order valence-electron chi connectivity index (χ4n) is 1.33. The van der Waals surface area contributed by atoms with Gasteiger partial charge in [-0.25, -0.2) is 0 Å². The van der Waals surface area contributed by atoms with E-state index in [0.29, 0.717) is 6.04 Å². The molecule has 0 aromatic rings. The number of nitrogens with two attached hydrogens (primary N) is 1. The Labute approximate surface area is 80.2 Å². The van der Waals surface area contributed by atoms with Gasteiger partial charge in [-0.05, 0) is 27.2 Å². The SMILES string of the molecule is CC(C)N(CCCO)C(C)C(=N)N. The smallest absolute Gasteiger partial charge is 0.108 e. The Bertz CT molecular complexity index is 159. The van der Waals surface area contributed by atoms with Gasteiger partial charge >= 0.3 is 0 Å². The Morgan fingerprint density at radius 2 is 2.00 bits per heavy atom. The van der Waals surface area contributed by atoms with Crippen LogP contribution in [-0.2, 0) is 0 Å². The van der Waals surface area contributed by atoms with Gasteiger partial charge in [0.05, 0.1) is 6.04 Å². The summed E-state index contributed by atoms with van der Waals surface area (Å²) in [5.41, 5.74) is 5.43. The Hall–Kier alpha value is -0.610. The summed E-state index contributed by atoms with van der Waals surface area (Å²) in [7, 11) is 0. The molecule has 13 heavy (non-hydrogen) atoms. The maximum atomic E-state index is 8.71. The molecule has 1 atom stereocenters. The van der Waals surface area contributed by atoms with E-state index in [-0.39, 0.29) is 18.5 Å².